The zero-order chi connectivity index (χ0) is 13.2. The molecule has 8 nitrogen and oxygen atoms in total. The van der Waals surface area contributed by atoms with Gasteiger partial charge in [0.05, 0.1) is 25.5 Å². The highest BCUT2D eigenvalue weighted by Gasteiger charge is 2.28. The first-order chi connectivity index (χ1) is 9.28. The van der Waals surface area contributed by atoms with Crippen LogP contribution in [0, 0.1) is 0 Å². The van der Waals surface area contributed by atoms with Crippen LogP contribution in [-0.2, 0) is 4.74 Å². The van der Waals surface area contributed by atoms with Gasteiger partial charge in [-0.3, -0.25) is 4.98 Å². The predicted octanol–water partition coefficient (Wildman–Crippen LogP) is 0.736. The van der Waals surface area contributed by atoms with Crippen molar-refractivity contribution >= 4 is 17.7 Å². The Bertz CT molecular complexity index is 612. The van der Waals surface area contributed by atoms with Gasteiger partial charge in [-0.1, -0.05) is 0 Å². The van der Waals surface area contributed by atoms with Crippen LogP contribution in [0.4, 0.5) is 0 Å². The number of hydrogen-bond acceptors (Lipinski definition) is 8. The van der Waals surface area contributed by atoms with Gasteiger partial charge >= 0.3 is 5.97 Å². The minimum atomic E-state index is -0.517. The first kappa shape index (κ1) is 12.0. The Balaban J connectivity index is 1.82. The van der Waals surface area contributed by atoms with Crippen LogP contribution in [0.2, 0.25) is 0 Å². The molecule has 0 saturated heterocycles. The highest BCUT2D eigenvalue weighted by molar-refractivity contribution is 7.99. The van der Waals surface area contributed by atoms with E-state index in [4.69, 9.17) is 0 Å². The van der Waals surface area contributed by atoms with Crippen molar-refractivity contribution in [2.75, 3.05) is 7.11 Å². The lowest BCUT2D eigenvalue weighted by Crippen LogP contribution is -2.05. The third-order valence-electron chi connectivity index (χ3n) is 2.56. The number of aromatic nitrogens is 6. The second-order valence-electron chi connectivity index (χ2n) is 3.97. The zero-order valence-corrected chi connectivity index (χ0v) is 10.9. The molecule has 1 fully saturated rings. The molecule has 1 aliphatic rings. The van der Waals surface area contributed by atoms with Gasteiger partial charge in [0.15, 0.2) is 5.69 Å². The second-order valence-corrected chi connectivity index (χ2v) is 4.96. The first-order valence-electron chi connectivity index (χ1n) is 5.64. The van der Waals surface area contributed by atoms with Gasteiger partial charge in [0.1, 0.15) is 5.03 Å². The van der Waals surface area contributed by atoms with Crippen molar-refractivity contribution in [3.63, 3.8) is 0 Å². The molecule has 0 amide bonds. The molecule has 2 heterocycles. The summed E-state index contributed by atoms with van der Waals surface area (Å²) in [5.74, 6) is -0.517. The van der Waals surface area contributed by atoms with Crippen LogP contribution in [0.25, 0.3) is 0 Å². The SMILES string of the molecule is COC(=O)c1cncc(Sc2nnnn2C2CC2)n1. The molecule has 0 bridgehead atoms. The standard InChI is InChI=1S/C10H10N6O2S/c1-18-9(17)7-4-11-5-8(12-7)19-10-13-14-15-16(10)6-2-3-6/h4-6H,2-3H2,1H3. The number of ether oxygens (including phenoxy) is 1. The van der Waals surface area contributed by atoms with Crippen molar-refractivity contribution in [2.24, 2.45) is 0 Å². The molecule has 0 atom stereocenters. The molecule has 0 N–H and O–H groups in total. The average molecular weight is 278 g/mol. The van der Waals surface area contributed by atoms with Crippen LogP contribution < -0.4 is 0 Å². The summed E-state index contributed by atoms with van der Waals surface area (Å²) in [6, 6.07) is 0.384. The van der Waals surface area contributed by atoms with Gasteiger partial charge in [0, 0.05) is 0 Å². The summed E-state index contributed by atoms with van der Waals surface area (Å²) in [4.78, 5) is 19.5. The molecule has 0 radical (unpaired) electrons. The highest BCUT2D eigenvalue weighted by Crippen LogP contribution is 2.37. The van der Waals surface area contributed by atoms with Crippen molar-refractivity contribution < 1.29 is 9.53 Å². The lowest BCUT2D eigenvalue weighted by molar-refractivity contribution is 0.0592. The van der Waals surface area contributed by atoms with E-state index in [2.05, 4.69) is 30.2 Å². The maximum absolute atomic E-state index is 11.4. The van der Waals surface area contributed by atoms with E-state index < -0.39 is 5.97 Å². The third-order valence-corrected chi connectivity index (χ3v) is 3.42. The molecule has 1 saturated carbocycles. The quantitative estimate of drug-likeness (QED) is 0.755. The summed E-state index contributed by atoms with van der Waals surface area (Å²) in [6.45, 7) is 0. The minimum absolute atomic E-state index is 0.165. The van der Waals surface area contributed by atoms with Crippen LogP contribution >= 0.6 is 11.8 Å². The van der Waals surface area contributed by atoms with Crippen molar-refractivity contribution in [1.82, 2.24) is 30.2 Å². The number of methoxy groups -OCH3 is 1. The van der Waals surface area contributed by atoms with Gasteiger partial charge < -0.3 is 4.74 Å². The summed E-state index contributed by atoms with van der Waals surface area (Å²) in [5.41, 5.74) is 0.165. The Hall–Kier alpha value is -2.03. The van der Waals surface area contributed by atoms with Gasteiger partial charge in [0.2, 0.25) is 5.16 Å². The summed E-state index contributed by atoms with van der Waals surface area (Å²) in [7, 11) is 1.30. The molecule has 0 spiro atoms. The van der Waals surface area contributed by atoms with E-state index in [-0.39, 0.29) is 5.69 Å². The Morgan fingerprint density at radius 2 is 2.32 bits per heavy atom. The maximum Gasteiger partial charge on any atom is 0.358 e. The van der Waals surface area contributed by atoms with Gasteiger partial charge in [-0.2, -0.15) is 0 Å². The lowest BCUT2D eigenvalue weighted by Gasteiger charge is -2.02. The fourth-order valence-corrected chi connectivity index (χ4v) is 2.30. The molecule has 9 heteroatoms. The third kappa shape index (κ3) is 2.55. The van der Waals surface area contributed by atoms with Gasteiger partial charge in [0.25, 0.3) is 0 Å². The molecular formula is C10H10N6O2S. The number of esters is 1. The summed E-state index contributed by atoms with van der Waals surface area (Å²) in [6.07, 6.45) is 5.10. The molecule has 3 rings (SSSR count). The van der Waals surface area contributed by atoms with Crippen molar-refractivity contribution in [3.8, 4) is 0 Å². The topological polar surface area (TPSA) is 95.7 Å². The van der Waals surface area contributed by atoms with Crippen LogP contribution in [0.5, 0.6) is 0 Å². The van der Waals surface area contributed by atoms with E-state index in [1.165, 1.54) is 25.1 Å². The normalized spacial score (nSPS) is 14.4. The molecule has 19 heavy (non-hydrogen) atoms. The summed E-state index contributed by atoms with van der Waals surface area (Å²) < 4.78 is 6.38. The van der Waals surface area contributed by atoms with Gasteiger partial charge in [-0.05, 0) is 35.0 Å². The predicted molar refractivity (Wildman–Crippen MR) is 63.6 cm³/mol. The second kappa shape index (κ2) is 4.92. The van der Waals surface area contributed by atoms with E-state index in [9.17, 15) is 4.79 Å². The Morgan fingerprint density at radius 3 is 3.05 bits per heavy atom. The van der Waals surface area contributed by atoms with E-state index >= 15 is 0 Å². The lowest BCUT2D eigenvalue weighted by atomic mass is 10.5. The number of carbonyl (C=O) groups excluding carboxylic acids is 1. The number of carbonyl (C=O) groups is 1. The van der Waals surface area contributed by atoms with Gasteiger partial charge in [-0.15, -0.1) is 5.10 Å². The Kier molecular flexibility index (Phi) is 3.11. The van der Waals surface area contributed by atoms with Crippen LogP contribution in [0.3, 0.4) is 0 Å². The van der Waals surface area contributed by atoms with Gasteiger partial charge in [-0.25, -0.2) is 14.5 Å². The molecule has 98 valence electrons. The highest BCUT2D eigenvalue weighted by atomic mass is 32.2. The number of hydrogen-bond donors (Lipinski definition) is 0. The maximum atomic E-state index is 11.4. The van der Waals surface area contributed by atoms with Crippen LogP contribution in [-0.4, -0.2) is 43.3 Å². The van der Waals surface area contributed by atoms with E-state index in [0.717, 1.165) is 12.8 Å². The van der Waals surface area contributed by atoms with Crippen molar-refractivity contribution in [2.45, 2.75) is 29.1 Å². The summed E-state index contributed by atoms with van der Waals surface area (Å²) >= 11 is 1.28. The van der Waals surface area contributed by atoms with E-state index in [0.29, 0.717) is 16.2 Å². The van der Waals surface area contributed by atoms with Crippen molar-refractivity contribution in [1.29, 1.82) is 0 Å². The monoisotopic (exact) mass is 278 g/mol. The molecule has 2 aromatic rings. The largest absolute Gasteiger partial charge is 0.464 e. The fraction of sp³-hybridized carbons (Fsp3) is 0.400. The smallest absolute Gasteiger partial charge is 0.358 e. The van der Waals surface area contributed by atoms with E-state index in [1.54, 1.807) is 10.9 Å². The van der Waals surface area contributed by atoms with Crippen LogP contribution in [0.15, 0.2) is 22.6 Å². The van der Waals surface area contributed by atoms with Crippen LogP contribution in [0.1, 0.15) is 29.4 Å². The Labute approximate surface area is 112 Å². The molecule has 0 aromatic carbocycles. The molecular weight excluding hydrogens is 268 g/mol. The number of rotatable bonds is 4. The average Bonchev–Trinajstić information content (AvgIpc) is 3.19. The van der Waals surface area contributed by atoms with E-state index in [1.807, 2.05) is 0 Å². The Morgan fingerprint density at radius 1 is 1.47 bits per heavy atom. The summed E-state index contributed by atoms with van der Waals surface area (Å²) in [5, 5.41) is 12.8. The number of nitrogens with zero attached hydrogens (tertiary/aromatic N) is 6. The fourth-order valence-electron chi connectivity index (χ4n) is 1.49. The van der Waals surface area contributed by atoms with Crippen molar-refractivity contribution in [3.05, 3.63) is 18.1 Å². The molecule has 2 aromatic heterocycles. The zero-order valence-electron chi connectivity index (χ0n) is 10.1. The first-order valence-corrected chi connectivity index (χ1v) is 6.45. The molecule has 1 aliphatic carbocycles. The molecule has 0 aliphatic heterocycles. The minimum Gasteiger partial charge on any atom is -0.464 e. The molecule has 0 unspecified atom stereocenters. The number of tetrazole rings is 1.